The lowest BCUT2D eigenvalue weighted by Gasteiger charge is -2.37. The molecule has 0 radical (unpaired) electrons. The Balaban J connectivity index is 1.77. The standard InChI is InChI=1S/C21H22ClFN2O3/c1-2-16(26)9-17-10-21(11-27-20(24)25-21)18-7-12(3-4-19(18)28-17)13-5-14(22)8-15(23)6-13/h3-8,16-17,26H,2,9-11H2,1H3,(H2,24,25). The zero-order chi connectivity index (χ0) is 19.9. The fourth-order valence-electron chi connectivity index (χ4n) is 3.92. The molecule has 148 valence electrons. The highest BCUT2D eigenvalue weighted by Crippen LogP contribution is 2.46. The molecule has 0 amide bonds. The number of hydrogen-bond acceptors (Lipinski definition) is 5. The van der Waals surface area contributed by atoms with E-state index in [1.54, 1.807) is 6.07 Å². The second-order valence-corrected chi connectivity index (χ2v) is 7.82. The van der Waals surface area contributed by atoms with Gasteiger partial charge in [-0.05, 0) is 47.9 Å². The summed E-state index contributed by atoms with van der Waals surface area (Å²) in [5.74, 6) is 0.277. The molecule has 2 aliphatic rings. The molecule has 2 aromatic rings. The summed E-state index contributed by atoms with van der Waals surface area (Å²) in [7, 11) is 0. The molecule has 3 N–H and O–H groups in total. The van der Waals surface area contributed by atoms with Crippen molar-refractivity contribution in [3.05, 3.63) is 52.8 Å². The molecule has 2 aromatic carbocycles. The Bertz CT molecular complexity index is 916. The molecular formula is C21H22ClFN2O3. The minimum atomic E-state index is -0.678. The van der Waals surface area contributed by atoms with Crippen molar-refractivity contribution >= 4 is 17.6 Å². The molecule has 28 heavy (non-hydrogen) atoms. The molecule has 2 heterocycles. The van der Waals surface area contributed by atoms with Gasteiger partial charge in [-0.3, -0.25) is 0 Å². The quantitative estimate of drug-likeness (QED) is 0.807. The van der Waals surface area contributed by atoms with Crippen LogP contribution in [0.2, 0.25) is 5.02 Å². The number of ether oxygens (including phenoxy) is 2. The Morgan fingerprint density at radius 1 is 1.32 bits per heavy atom. The summed E-state index contributed by atoms with van der Waals surface area (Å²) in [4.78, 5) is 4.58. The summed E-state index contributed by atoms with van der Waals surface area (Å²) in [5, 5.41) is 10.4. The number of aliphatic hydroxyl groups excluding tert-OH is 1. The summed E-state index contributed by atoms with van der Waals surface area (Å²) in [6.45, 7) is 2.24. The van der Waals surface area contributed by atoms with Crippen LogP contribution in [0.1, 0.15) is 31.7 Å². The molecule has 0 aliphatic carbocycles. The van der Waals surface area contributed by atoms with E-state index in [9.17, 15) is 9.50 Å². The average Bonchev–Trinajstić information content (AvgIpc) is 3.01. The number of fused-ring (bicyclic) bond motifs is 2. The van der Waals surface area contributed by atoms with E-state index < -0.39 is 17.5 Å². The summed E-state index contributed by atoms with van der Waals surface area (Å²) >= 11 is 6.02. The normalized spacial score (nSPS) is 24.3. The van der Waals surface area contributed by atoms with Gasteiger partial charge in [-0.15, -0.1) is 0 Å². The molecule has 3 atom stereocenters. The van der Waals surface area contributed by atoms with E-state index in [4.69, 9.17) is 26.8 Å². The number of amidine groups is 1. The van der Waals surface area contributed by atoms with Gasteiger partial charge in [0, 0.05) is 23.4 Å². The molecule has 0 bridgehead atoms. The van der Waals surface area contributed by atoms with Crippen LogP contribution in [-0.2, 0) is 10.3 Å². The van der Waals surface area contributed by atoms with E-state index >= 15 is 0 Å². The molecule has 0 aromatic heterocycles. The monoisotopic (exact) mass is 404 g/mol. The number of rotatable bonds is 4. The number of aliphatic imine (C=N–C) groups is 1. The molecular weight excluding hydrogens is 383 g/mol. The number of nitrogens with zero attached hydrogens (tertiary/aromatic N) is 1. The maximum Gasteiger partial charge on any atom is 0.283 e. The van der Waals surface area contributed by atoms with Crippen molar-refractivity contribution in [2.24, 2.45) is 10.7 Å². The van der Waals surface area contributed by atoms with Gasteiger partial charge in [0.1, 0.15) is 29.8 Å². The van der Waals surface area contributed by atoms with Gasteiger partial charge in [-0.2, -0.15) is 0 Å². The Morgan fingerprint density at radius 2 is 2.14 bits per heavy atom. The van der Waals surface area contributed by atoms with Crippen LogP contribution in [0.15, 0.2) is 41.4 Å². The molecule has 1 spiro atoms. The van der Waals surface area contributed by atoms with Crippen LogP contribution in [0.25, 0.3) is 11.1 Å². The third kappa shape index (κ3) is 3.54. The number of halogens is 2. The largest absolute Gasteiger partial charge is 0.490 e. The minimum Gasteiger partial charge on any atom is -0.490 e. The number of benzene rings is 2. The van der Waals surface area contributed by atoms with E-state index in [1.165, 1.54) is 12.1 Å². The second-order valence-electron chi connectivity index (χ2n) is 7.38. The molecule has 4 rings (SSSR count). The van der Waals surface area contributed by atoms with Crippen LogP contribution >= 0.6 is 11.6 Å². The predicted molar refractivity (Wildman–Crippen MR) is 106 cm³/mol. The van der Waals surface area contributed by atoms with Gasteiger partial charge in [-0.25, -0.2) is 9.38 Å². The average molecular weight is 405 g/mol. The molecule has 5 nitrogen and oxygen atoms in total. The van der Waals surface area contributed by atoms with Crippen molar-refractivity contribution in [3.8, 4) is 16.9 Å². The van der Waals surface area contributed by atoms with Crippen molar-refractivity contribution in [2.75, 3.05) is 6.61 Å². The lowest BCUT2D eigenvalue weighted by Crippen LogP contribution is -2.40. The number of hydrogen-bond donors (Lipinski definition) is 2. The first-order chi connectivity index (χ1) is 13.4. The smallest absolute Gasteiger partial charge is 0.283 e. The summed E-state index contributed by atoms with van der Waals surface area (Å²) in [6, 6.07) is 10.2. The summed E-state index contributed by atoms with van der Waals surface area (Å²) in [6.07, 6.45) is 1.07. The van der Waals surface area contributed by atoms with Crippen molar-refractivity contribution < 1.29 is 19.0 Å². The van der Waals surface area contributed by atoms with Crippen molar-refractivity contribution in [1.29, 1.82) is 0 Å². The van der Waals surface area contributed by atoms with Crippen LogP contribution in [0.3, 0.4) is 0 Å². The molecule has 2 aliphatic heterocycles. The van der Waals surface area contributed by atoms with Gasteiger partial charge in [0.15, 0.2) is 0 Å². The van der Waals surface area contributed by atoms with Crippen molar-refractivity contribution in [3.63, 3.8) is 0 Å². The highest BCUT2D eigenvalue weighted by atomic mass is 35.5. The number of aliphatic hydroxyl groups is 1. The molecule has 3 unspecified atom stereocenters. The van der Waals surface area contributed by atoms with E-state index in [1.807, 2.05) is 25.1 Å². The Kier molecular flexibility index (Phi) is 4.93. The maximum absolute atomic E-state index is 13.8. The van der Waals surface area contributed by atoms with Crippen LogP contribution in [0, 0.1) is 5.82 Å². The van der Waals surface area contributed by atoms with E-state index in [2.05, 4.69) is 4.99 Å². The highest BCUT2D eigenvalue weighted by molar-refractivity contribution is 6.30. The van der Waals surface area contributed by atoms with E-state index in [0.717, 1.165) is 11.1 Å². The third-order valence-corrected chi connectivity index (χ3v) is 5.54. The Labute approximate surface area is 167 Å². The lowest BCUT2D eigenvalue weighted by atomic mass is 9.80. The zero-order valence-electron chi connectivity index (χ0n) is 15.5. The summed E-state index contributed by atoms with van der Waals surface area (Å²) in [5.41, 5.74) is 7.46. The first kappa shape index (κ1) is 19.0. The fourth-order valence-corrected chi connectivity index (χ4v) is 4.14. The van der Waals surface area contributed by atoms with Gasteiger partial charge >= 0.3 is 0 Å². The van der Waals surface area contributed by atoms with Crippen molar-refractivity contribution in [2.45, 2.75) is 43.9 Å². The highest BCUT2D eigenvalue weighted by Gasteiger charge is 2.46. The summed E-state index contributed by atoms with van der Waals surface area (Å²) < 4.78 is 25.4. The fraction of sp³-hybridized carbons (Fsp3) is 0.381. The van der Waals surface area contributed by atoms with E-state index in [-0.39, 0.29) is 12.1 Å². The Morgan fingerprint density at radius 3 is 2.82 bits per heavy atom. The third-order valence-electron chi connectivity index (χ3n) is 5.33. The molecule has 0 saturated carbocycles. The maximum atomic E-state index is 13.8. The SMILES string of the molecule is CCC(O)CC1CC2(COC(N)=N2)c2cc(-c3cc(F)cc(Cl)c3)ccc2O1. The topological polar surface area (TPSA) is 77.1 Å². The first-order valence-corrected chi connectivity index (χ1v) is 9.70. The van der Waals surface area contributed by atoms with Gasteiger partial charge in [0.2, 0.25) is 0 Å². The van der Waals surface area contributed by atoms with E-state index in [0.29, 0.717) is 42.2 Å². The molecule has 0 saturated heterocycles. The van der Waals surface area contributed by atoms with Crippen LogP contribution in [-0.4, -0.2) is 29.9 Å². The second kappa shape index (κ2) is 7.26. The number of nitrogens with two attached hydrogens (primary N) is 1. The van der Waals surface area contributed by atoms with Gasteiger partial charge < -0.3 is 20.3 Å². The Hall–Kier alpha value is -2.31. The van der Waals surface area contributed by atoms with Crippen LogP contribution in [0.5, 0.6) is 5.75 Å². The molecule has 7 heteroatoms. The van der Waals surface area contributed by atoms with Crippen molar-refractivity contribution in [1.82, 2.24) is 0 Å². The van der Waals surface area contributed by atoms with Crippen LogP contribution < -0.4 is 10.5 Å². The lowest BCUT2D eigenvalue weighted by molar-refractivity contribution is 0.0526. The zero-order valence-corrected chi connectivity index (χ0v) is 16.2. The first-order valence-electron chi connectivity index (χ1n) is 9.32. The van der Waals surface area contributed by atoms with Gasteiger partial charge in [0.25, 0.3) is 6.02 Å². The molecule has 0 fully saturated rings. The van der Waals surface area contributed by atoms with Gasteiger partial charge in [-0.1, -0.05) is 24.6 Å². The predicted octanol–water partition coefficient (Wildman–Crippen LogP) is 4.00. The van der Waals surface area contributed by atoms with Crippen LogP contribution in [0.4, 0.5) is 4.39 Å². The van der Waals surface area contributed by atoms with Gasteiger partial charge in [0.05, 0.1) is 6.10 Å². The minimum absolute atomic E-state index is 0.141.